The molecule has 0 saturated carbocycles. The molecule has 5 nitrogen and oxygen atoms in total. The molecule has 0 fully saturated rings. The van der Waals surface area contributed by atoms with E-state index in [0.29, 0.717) is 12.1 Å². The van der Waals surface area contributed by atoms with Gasteiger partial charge < -0.3 is 21.3 Å². The van der Waals surface area contributed by atoms with Gasteiger partial charge in [0.1, 0.15) is 5.75 Å². The first kappa shape index (κ1) is 19.0. The van der Waals surface area contributed by atoms with Crippen molar-refractivity contribution in [2.75, 3.05) is 6.54 Å². The minimum absolute atomic E-state index is 0.153. The first-order valence-corrected chi connectivity index (χ1v) is 8.37. The molecule has 5 N–H and O–H groups in total. The van der Waals surface area contributed by atoms with Gasteiger partial charge in [-0.15, -0.1) is 0 Å². The van der Waals surface area contributed by atoms with E-state index in [2.05, 4.69) is 19.2 Å². The van der Waals surface area contributed by atoms with Crippen molar-refractivity contribution in [1.82, 2.24) is 5.32 Å². The minimum atomic E-state index is -0.630. The fourth-order valence-corrected chi connectivity index (χ4v) is 2.57. The lowest BCUT2D eigenvalue weighted by molar-refractivity contribution is 0.1000. The molecule has 0 heterocycles. The first-order valence-electron chi connectivity index (χ1n) is 8.37. The van der Waals surface area contributed by atoms with Crippen molar-refractivity contribution >= 4 is 5.91 Å². The molecule has 1 atom stereocenters. The van der Waals surface area contributed by atoms with Crippen LogP contribution in [-0.2, 0) is 6.42 Å². The molecule has 0 aliphatic heterocycles. The maximum atomic E-state index is 11.1. The lowest BCUT2D eigenvalue weighted by Crippen LogP contribution is -2.41. The van der Waals surface area contributed by atoms with Gasteiger partial charge in [-0.3, -0.25) is 4.79 Å². The van der Waals surface area contributed by atoms with E-state index >= 15 is 0 Å². The molecule has 0 aliphatic carbocycles. The number of carbonyl (C=O) groups is 1. The van der Waals surface area contributed by atoms with Gasteiger partial charge in [-0.05, 0) is 62.1 Å². The number of amides is 1. The number of nitrogens with one attached hydrogen (secondary N) is 1. The number of carbonyl (C=O) groups excluding carboxylic acids is 1. The summed E-state index contributed by atoms with van der Waals surface area (Å²) in [5.41, 5.74) is 7.51. The van der Waals surface area contributed by atoms with Crippen LogP contribution in [0, 0.1) is 0 Å². The highest BCUT2D eigenvalue weighted by molar-refractivity contribution is 5.92. The Balaban J connectivity index is 1.84. The average Bonchev–Trinajstić information content (AvgIpc) is 2.59. The van der Waals surface area contributed by atoms with E-state index in [0.717, 1.165) is 24.0 Å². The molecule has 0 aromatic heterocycles. The van der Waals surface area contributed by atoms with Crippen LogP contribution in [0.2, 0.25) is 0 Å². The number of rotatable bonds is 8. The zero-order chi connectivity index (χ0) is 18.4. The van der Waals surface area contributed by atoms with Crippen molar-refractivity contribution in [3.63, 3.8) is 0 Å². The normalized spacial score (nSPS) is 12.8. The Hall–Kier alpha value is -2.37. The molecule has 25 heavy (non-hydrogen) atoms. The van der Waals surface area contributed by atoms with Gasteiger partial charge in [0.2, 0.25) is 5.91 Å². The lowest BCUT2D eigenvalue weighted by atomic mass is 9.94. The second-order valence-electron chi connectivity index (χ2n) is 6.93. The summed E-state index contributed by atoms with van der Waals surface area (Å²) in [7, 11) is 0. The number of aryl methyl sites for hydroxylation is 1. The zero-order valence-corrected chi connectivity index (χ0v) is 14.7. The van der Waals surface area contributed by atoms with Crippen molar-refractivity contribution in [1.29, 1.82) is 0 Å². The number of aliphatic hydroxyl groups excluding tert-OH is 1. The van der Waals surface area contributed by atoms with E-state index in [1.165, 1.54) is 0 Å². The standard InChI is InChI=1S/C20H26N2O3/c1-20(2,12-11-14-3-5-16(6-4-14)19(21)25)22-13-18(24)15-7-9-17(23)10-8-15/h3-10,18,22-24H,11-13H2,1-2H3,(H2,21,25). The number of hydrogen-bond donors (Lipinski definition) is 4. The molecule has 2 aromatic carbocycles. The van der Waals surface area contributed by atoms with Crippen LogP contribution in [0.3, 0.4) is 0 Å². The van der Waals surface area contributed by atoms with Gasteiger partial charge in [0, 0.05) is 17.6 Å². The highest BCUT2D eigenvalue weighted by atomic mass is 16.3. The molecular weight excluding hydrogens is 316 g/mol. The van der Waals surface area contributed by atoms with Gasteiger partial charge >= 0.3 is 0 Å². The third kappa shape index (κ3) is 5.89. The summed E-state index contributed by atoms with van der Waals surface area (Å²) < 4.78 is 0. The Labute approximate surface area is 148 Å². The van der Waals surface area contributed by atoms with Crippen LogP contribution in [0.25, 0.3) is 0 Å². The van der Waals surface area contributed by atoms with Gasteiger partial charge in [-0.25, -0.2) is 0 Å². The molecule has 1 unspecified atom stereocenters. The molecule has 0 aliphatic rings. The number of phenolic OH excluding ortho intramolecular Hbond substituents is 1. The second kappa shape index (κ2) is 8.14. The maximum Gasteiger partial charge on any atom is 0.248 e. The van der Waals surface area contributed by atoms with Gasteiger partial charge in [0.05, 0.1) is 6.10 Å². The van der Waals surface area contributed by atoms with Crippen LogP contribution in [0.15, 0.2) is 48.5 Å². The Kier molecular flexibility index (Phi) is 6.17. The van der Waals surface area contributed by atoms with Gasteiger partial charge in [0.15, 0.2) is 0 Å². The van der Waals surface area contributed by atoms with Crippen molar-refractivity contribution in [3.05, 3.63) is 65.2 Å². The summed E-state index contributed by atoms with van der Waals surface area (Å²) in [6.45, 7) is 4.61. The predicted molar refractivity (Wildman–Crippen MR) is 98.4 cm³/mol. The van der Waals surface area contributed by atoms with Crippen LogP contribution in [0.1, 0.15) is 47.9 Å². The molecule has 2 aromatic rings. The summed E-state index contributed by atoms with van der Waals surface area (Å²) in [6, 6.07) is 13.9. The highest BCUT2D eigenvalue weighted by Crippen LogP contribution is 2.19. The molecular formula is C20H26N2O3. The Morgan fingerprint density at radius 1 is 1.12 bits per heavy atom. The van der Waals surface area contributed by atoms with E-state index in [1.54, 1.807) is 36.4 Å². The van der Waals surface area contributed by atoms with Crippen LogP contribution in [0.4, 0.5) is 0 Å². The molecule has 0 bridgehead atoms. The maximum absolute atomic E-state index is 11.1. The van der Waals surface area contributed by atoms with Crippen molar-refractivity contribution < 1.29 is 15.0 Å². The van der Waals surface area contributed by atoms with Crippen LogP contribution in [-0.4, -0.2) is 28.2 Å². The Morgan fingerprint density at radius 2 is 1.72 bits per heavy atom. The molecule has 0 saturated heterocycles. The first-order chi connectivity index (χ1) is 11.8. The van der Waals surface area contributed by atoms with Crippen molar-refractivity contribution in [3.8, 4) is 5.75 Å². The summed E-state index contributed by atoms with van der Waals surface area (Å²) >= 11 is 0. The van der Waals surface area contributed by atoms with Gasteiger partial charge in [-0.1, -0.05) is 24.3 Å². The summed E-state index contributed by atoms with van der Waals surface area (Å²) in [5.74, 6) is -0.233. The summed E-state index contributed by atoms with van der Waals surface area (Å²) in [4.78, 5) is 11.1. The Morgan fingerprint density at radius 3 is 2.28 bits per heavy atom. The number of primary amides is 1. The Bertz CT molecular complexity index is 694. The third-order valence-corrected chi connectivity index (χ3v) is 4.33. The molecule has 134 valence electrons. The number of aromatic hydroxyl groups is 1. The topological polar surface area (TPSA) is 95.6 Å². The fourth-order valence-electron chi connectivity index (χ4n) is 2.57. The number of benzene rings is 2. The zero-order valence-electron chi connectivity index (χ0n) is 14.7. The van der Waals surface area contributed by atoms with Crippen LogP contribution < -0.4 is 11.1 Å². The van der Waals surface area contributed by atoms with E-state index < -0.39 is 12.0 Å². The summed E-state index contributed by atoms with van der Waals surface area (Å²) in [5, 5.41) is 22.9. The number of hydrogen-bond acceptors (Lipinski definition) is 4. The van der Waals surface area contributed by atoms with Crippen molar-refractivity contribution in [2.45, 2.75) is 38.3 Å². The van der Waals surface area contributed by atoms with Crippen LogP contribution >= 0.6 is 0 Å². The summed E-state index contributed by atoms with van der Waals surface area (Å²) in [6.07, 6.45) is 1.11. The smallest absolute Gasteiger partial charge is 0.248 e. The number of aliphatic hydroxyl groups is 1. The average molecular weight is 342 g/mol. The number of nitrogens with two attached hydrogens (primary N) is 1. The minimum Gasteiger partial charge on any atom is -0.508 e. The monoisotopic (exact) mass is 342 g/mol. The van der Waals surface area contributed by atoms with E-state index in [1.807, 2.05) is 12.1 Å². The highest BCUT2D eigenvalue weighted by Gasteiger charge is 2.19. The van der Waals surface area contributed by atoms with Gasteiger partial charge in [-0.2, -0.15) is 0 Å². The third-order valence-electron chi connectivity index (χ3n) is 4.33. The van der Waals surface area contributed by atoms with Gasteiger partial charge in [0.25, 0.3) is 0 Å². The molecule has 1 amide bonds. The van der Waals surface area contributed by atoms with E-state index in [4.69, 9.17) is 5.73 Å². The number of phenols is 1. The molecule has 5 heteroatoms. The fraction of sp³-hybridized carbons (Fsp3) is 0.350. The van der Waals surface area contributed by atoms with Crippen molar-refractivity contribution in [2.24, 2.45) is 5.73 Å². The number of β-amino-alcohol motifs (C(OH)–C–C–N with tert-alkyl or cyclic N) is 1. The van der Waals surface area contributed by atoms with Crippen LogP contribution in [0.5, 0.6) is 5.75 Å². The predicted octanol–water partition coefficient (Wildman–Crippen LogP) is 2.53. The lowest BCUT2D eigenvalue weighted by Gasteiger charge is -2.28. The quantitative estimate of drug-likeness (QED) is 0.593. The molecule has 0 spiro atoms. The van der Waals surface area contributed by atoms with E-state index in [-0.39, 0.29) is 11.3 Å². The SMILES string of the molecule is CC(C)(CCc1ccc(C(N)=O)cc1)NCC(O)c1ccc(O)cc1. The van der Waals surface area contributed by atoms with E-state index in [9.17, 15) is 15.0 Å². The molecule has 2 rings (SSSR count). The largest absolute Gasteiger partial charge is 0.508 e. The molecule has 0 radical (unpaired) electrons. The second-order valence-corrected chi connectivity index (χ2v) is 6.93.